The Morgan fingerprint density at radius 3 is 2.94 bits per heavy atom. The van der Waals surface area contributed by atoms with Gasteiger partial charge in [-0.15, -0.1) is 0 Å². The number of rotatable bonds is 3. The average Bonchev–Trinajstić information content (AvgIpc) is 2.82. The number of nitrogens with one attached hydrogen (secondary N) is 1. The molecule has 2 saturated heterocycles. The molecule has 0 spiro atoms. The van der Waals surface area contributed by atoms with Crippen LogP contribution in [-0.4, -0.2) is 36.5 Å². The molecule has 0 bridgehead atoms. The fraction of sp³-hybridized carbons (Fsp3) is 0.923. The number of amides is 1. The van der Waals surface area contributed by atoms with Crippen molar-refractivity contribution in [3.63, 3.8) is 0 Å². The van der Waals surface area contributed by atoms with E-state index in [1.807, 2.05) is 0 Å². The summed E-state index contributed by atoms with van der Waals surface area (Å²) in [4.78, 5) is 14.3. The summed E-state index contributed by atoms with van der Waals surface area (Å²) in [6.07, 6.45) is 7.23. The molecule has 2 aliphatic rings. The van der Waals surface area contributed by atoms with Crippen LogP contribution in [0.1, 0.15) is 45.4 Å². The number of piperidine rings is 1. The van der Waals surface area contributed by atoms with Gasteiger partial charge in [0.15, 0.2) is 0 Å². The summed E-state index contributed by atoms with van der Waals surface area (Å²) in [6.45, 7) is 5.24. The van der Waals surface area contributed by atoms with E-state index in [1.165, 1.54) is 25.7 Å². The maximum atomic E-state index is 12.2. The van der Waals surface area contributed by atoms with E-state index in [-0.39, 0.29) is 6.04 Å². The summed E-state index contributed by atoms with van der Waals surface area (Å²) < 4.78 is 0. The van der Waals surface area contributed by atoms with Crippen LogP contribution in [0.4, 0.5) is 0 Å². The van der Waals surface area contributed by atoms with E-state index in [1.54, 1.807) is 0 Å². The van der Waals surface area contributed by atoms with Gasteiger partial charge in [0, 0.05) is 13.1 Å². The average molecular weight is 224 g/mol. The highest BCUT2D eigenvalue weighted by Gasteiger charge is 2.29. The van der Waals surface area contributed by atoms with Gasteiger partial charge in [-0.05, 0) is 44.6 Å². The van der Waals surface area contributed by atoms with Gasteiger partial charge in [0.2, 0.25) is 5.91 Å². The van der Waals surface area contributed by atoms with Gasteiger partial charge in [-0.25, -0.2) is 0 Å². The van der Waals surface area contributed by atoms with Crippen molar-refractivity contribution in [2.75, 3.05) is 19.6 Å². The number of hydrogen-bond donors (Lipinski definition) is 1. The molecule has 16 heavy (non-hydrogen) atoms. The number of carbonyl (C=O) groups is 1. The molecule has 2 rings (SSSR count). The summed E-state index contributed by atoms with van der Waals surface area (Å²) in [5.41, 5.74) is 0. The lowest BCUT2D eigenvalue weighted by Gasteiger charge is -2.34. The first-order valence-corrected chi connectivity index (χ1v) is 6.83. The largest absolute Gasteiger partial charge is 0.341 e. The third-order valence-corrected chi connectivity index (χ3v) is 3.89. The van der Waals surface area contributed by atoms with Crippen LogP contribution in [-0.2, 0) is 4.79 Å². The Hall–Kier alpha value is -0.570. The third-order valence-electron chi connectivity index (χ3n) is 3.89. The molecule has 92 valence electrons. The highest BCUT2D eigenvalue weighted by molar-refractivity contribution is 5.82. The molecule has 0 aromatic heterocycles. The number of hydrogen-bond acceptors (Lipinski definition) is 2. The van der Waals surface area contributed by atoms with E-state index in [0.717, 1.165) is 38.4 Å². The second-order valence-electron chi connectivity index (χ2n) is 5.23. The van der Waals surface area contributed by atoms with Crippen LogP contribution in [0, 0.1) is 5.92 Å². The molecule has 2 unspecified atom stereocenters. The number of likely N-dealkylation sites (tertiary alicyclic amines) is 1. The monoisotopic (exact) mass is 224 g/mol. The topological polar surface area (TPSA) is 32.3 Å². The first-order chi connectivity index (χ1) is 7.81. The summed E-state index contributed by atoms with van der Waals surface area (Å²) in [7, 11) is 0. The van der Waals surface area contributed by atoms with E-state index < -0.39 is 0 Å². The Balaban J connectivity index is 1.85. The lowest BCUT2D eigenvalue weighted by atomic mass is 9.93. The highest BCUT2D eigenvalue weighted by Crippen LogP contribution is 2.22. The maximum Gasteiger partial charge on any atom is 0.239 e. The lowest BCUT2D eigenvalue weighted by Crippen LogP contribution is -2.47. The van der Waals surface area contributed by atoms with Crippen molar-refractivity contribution in [1.82, 2.24) is 10.2 Å². The second kappa shape index (κ2) is 5.67. The smallest absolute Gasteiger partial charge is 0.239 e. The molecule has 0 aromatic rings. The zero-order valence-corrected chi connectivity index (χ0v) is 10.4. The molecular weight excluding hydrogens is 200 g/mol. The summed E-state index contributed by atoms with van der Waals surface area (Å²) >= 11 is 0. The normalized spacial score (nSPS) is 30.7. The molecule has 2 fully saturated rings. The van der Waals surface area contributed by atoms with Crippen molar-refractivity contribution >= 4 is 5.91 Å². The molecule has 1 N–H and O–H groups in total. The maximum absolute atomic E-state index is 12.2. The van der Waals surface area contributed by atoms with Gasteiger partial charge in [-0.3, -0.25) is 4.79 Å². The molecular formula is C13H24N2O. The second-order valence-corrected chi connectivity index (χ2v) is 5.23. The van der Waals surface area contributed by atoms with Crippen molar-refractivity contribution in [3.05, 3.63) is 0 Å². The fourth-order valence-electron chi connectivity index (χ4n) is 3.02. The first-order valence-electron chi connectivity index (χ1n) is 6.83. The molecule has 2 atom stereocenters. The molecule has 0 aliphatic carbocycles. The van der Waals surface area contributed by atoms with Crippen LogP contribution in [0.5, 0.6) is 0 Å². The number of nitrogens with zero attached hydrogens (tertiary/aromatic N) is 1. The summed E-state index contributed by atoms with van der Waals surface area (Å²) in [5.74, 6) is 1.11. The highest BCUT2D eigenvalue weighted by atomic mass is 16.2. The van der Waals surface area contributed by atoms with Gasteiger partial charge >= 0.3 is 0 Å². The zero-order chi connectivity index (χ0) is 11.4. The Kier molecular flexibility index (Phi) is 4.22. The molecule has 0 saturated carbocycles. The van der Waals surface area contributed by atoms with Crippen molar-refractivity contribution in [3.8, 4) is 0 Å². The van der Waals surface area contributed by atoms with E-state index in [9.17, 15) is 4.79 Å². The zero-order valence-electron chi connectivity index (χ0n) is 10.4. The Labute approximate surface area is 98.6 Å². The van der Waals surface area contributed by atoms with Gasteiger partial charge in [-0.2, -0.15) is 0 Å². The molecule has 0 aromatic carbocycles. The van der Waals surface area contributed by atoms with Crippen molar-refractivity contribution in [2.45, 2.75) is 51.5 Å². The summed E-state index contributed by atoms with van der Waals surface area (Å²) in [5, 5.41) is 3.31. The van der Waals surface area contributed by atoms with E-state index in [0.29, 0.717) is 5.91 Å². The fourth-order valence-corrected chi connectivity index (χ4v) is 3.02. The van der Waals surface area contributed by atoms with Gasteiger partial charge in [0.1, 0.15) is 0 Å². The Bertz CT molecular complexity index is 234. The molecule has 1 amide bonds. The SMILES string of the molecule is CCCC1CCCN(C(=O)C2CCCN2)C1. The van der Waals surface area contributed by atoms with Gasteiger partial charge in [-0.1, -0.05) is 13.3 Å². The van der Waals surface area contributed by atoms with E-state index in [4.69, 9.17) is 0 Å². The van der Waals surface area contributed by atoms with Crippen LogP contribution < -0.4 is 5.32 Å². The van der Waals surface area contributed by atoms with Crippen LogP contribution in [0.2, 0.25) is 0 Å². The number of carbonyl (C=O) groups excluding carboxylic acids is 1. The Morgan fingerprint density at radius 2 is 2.25 bits per heavy atom. The minimum atomic E-state index is 0.125. The quantitative estimate of drug-likeness (QED) is 0.792. The minimum absolute atomic E-state index is 0.125. The van der Waals surface area contributed by atoms with Gasteiger partial charge in [0.05, 0.1) is 6.04 Å². The standard InChI is InChI=1S/C13H24N2O/c1-2-5-11-6-4-9-15(10-11)13(16)12-7-3-8-14-12/h11-12,14H,2-10H2,1H3. The third kappa shape index (κ3) is 2.76. The van der Waals surface area contributed by atoms with Crippen molar-refractivity contribution in [1.29, 1.82) is 0 Å². The van der Waals surface area contributed by atoms with Gasteiger partial charge < -0.3 is 10.2 Å². The molecule has 0 radical (unpaired) electrons. The Morgan fingerprint density at radius 1 is 1.38 bits per heavy atom. The first kappa shape index (κ1) is 11.9. The van der Waals surface area contributed by atoms with Crippen LogP contribution in [0.3, 0.4) is 0 Å². The predicted octanol–water partition coefficient (Wildman–Crippen LogP) is 1.78. The minimum Gasteiger partial charge on any atom is -0.341 e. The van der Waals surface area contributed by atoms with E-state index >= 15 is 0 Å². The van der Waals surface area contributed by atoms with Crippen LogP contribution in [0.25, 0.3) is 0 Å². The molecule has 3 nitrogen and oxygen atoms in total. The predicted molar refractivity (Wildman–Crippen MR) is 65.2 cm³/mol. The van der Waals surface area contributed by atoms with Crippen molar-refractivity contribution < 1.29 is 4.79 Å². The van der Waals surface area contributed by atoms with E-state index in [2.05, 4.69) is 17.1 Å². The van der Waals surface area contributed by atoms with Crippen molar-refractivity contribution in [2.24, 2.45) is 5.92 Å². The van der Waals surface area contributed by atoms with Crippen LogP contribution in [0.15, 0.2) is 0 Å². The lowest BCUT2D eigenvalue weighted by molar-refractivity contribution is -0.134. The molecule has 2 heterocycles. The molecule has 3 heteroatoms. The van der Waals surface area contributed by atoms with Crippen LogP contribution >= 0.6 is 0 Å². The molecule has 2 aliphatic heterocycles. The van der Waals surface area contributed by atoms with Gasteiger partial charge in [0.25, 0.3) is 0 Å². The summed E-state index contributed by atoms with van der Waals surface area (Å²) in [6, 6.07) is 0.125.